The van der Waals surface area contributed by atoms with E-state index in [2.05, 4.69) is 15.9 Å². The van der Waals surface area contributed by atoms with Crippen LogP contribution in [0.1, 0.15) is 0 Å². The Kier molecular flexibility index (Phi) is 4.11. The van der Waals surface area contributed by atoms with E-state index in [1.54, 1.807) is 0 Å². The van der Waals surface area contributed by atoms with Crippen LogP contribution < -0.4 is 10.6 Å². The Morgan fingerprint density at radius 1 is 1.67 bits per heavy atom. The van der Waals surface area contributed by atoms with Crippen molar-refractivity contribution in [3.8, 4) is 0 Å². The number of nitrogens with two attached hydrogens (primary N) is 1. The second-order valence-corrected chi connectivity index (χ2v) is 4.22. The van der Waals surface area contributed by atoms with Gasteiger partial charge < -0.3 is 15.7 Å². The van der Waals surface area contributed by atoms with E-state index in [1.807, 2.05) is 36.2 Å². The number of hydrogen-bond acceptors (Lipinski definition) is 3. The van der Waals surface area contributed by atoms with Crippen molar-refractivity contribution in [1.29, 1.82) is 0 Å². The second-order valence-electron chi connectivity index (χ2n) is 3.31. The Labute approximate surface area is 96.8 Å². The van der Waals surface area contributed by atoms with E-state index in [-0.39, 0.29) is 6.54 Å². The van der Waals surface area contributed by atoms with Crippen molar-refractivity contribution in [3.63, 3.8) is 0 Å². The maximum Gasteiger partial charge on any atom is 0.322 e. The molecule has 3 N–H and O–H groups in total. The predicted molar refractivity (Wildman–Crippen MR) is 63.0 cm³/mol. The lowest BCUT2D eigenvalue weighted by atomic mass is 10.2. The SMILES string of the molecule is CN(CC(N)C(=O)O)c1cccc(Br)c1. The molecule has 0 amide bonds. The molecule has 1 atom stereocenters. The Morgan fingerprint density at radius 3 is 2.87 bits per heavy atom. The molecule has 5 heteroatoms. The Balaban J connectivity index is 2.68. The third kappa shape index (κ3) is 3.53. The van der Waals surface area contributed by atoms with Crippen LogP contribution in [0.15, 0.2) is 28.7 Å². The van der Waals surface area contributed by atoms with Crippen LogP contribution in [0.3, 0.4) is 0 Å². The number of likely N-dealkylation sites (N-methyl/N-ethyl adjacent to an activating group) is 1. The number of rotatable bonds is 4. The summed E-state index contributed by atoms with van der Waals surface area (Å²) in [6.07, 6.45) is 0. The van der Waals surface area contributed by atoms with Gasteiger partial charge in [0.25, 0.3) is 0 Å². The van der Waals surface area contributed by atoms with E-state index >= 15 is 0 Å². The molecule has 0 bridgehead atoms. The van der Waals surface area contributed by atoms with E-state index in [1.165, 1.54) is 0 Å². The first kappa shape index (κ1) is 12.0. The van der Waals surface area contributed by atoms with Crippen LogP contribution in [0.4, 0.5) is 5.69 Å². The van der Waals surface area contributed by atoms with Gasteiger partial charge >= 0.3 is 5.97 Å². The maximum absolute atomic E-state index is 10.6. The van der Waals surface area contributed by atoms with Gasteiger partial charge in [-0.2, -0.15) is 0 Å². The Morgan fingerprint density at radius 2 is 2.33 bits per heavy atom. The predicted octanol–water partition coefficient (Wildman–Crippen LogP) is 1.30. The summed E-state index contributed by atoms with van der Waals surface area (Å²) in [5.41, 5.74) is 6.37. The lowest BCUT2D eigenvalue weighted by Gasteiger charge is -2.21. The summed E-state index contributed by atoms with van der Waals surface area (Å²) >= 11 is 3.35. The van der Waals surface area contributed by atoms with Gasteiger partial charge in [0.1, 0.15) is 6.04 Å². The van der Waals surface area contributed by atoms with Gasteiger partial charge in [-0.3, -0.25) is 4.79 Å². The molecule has 0 aliphatic rings. The fourth-order valence-electron chi connectivity index (χ4n) is 1.19. The zero-order chi connectivity index (χ0) is 11.4. The van der Waals surface area contributed by atoms with E-state index in [0.717, 1.165) is 10.2 Å². The smallest absolute Gasteiger partial charge is 0.322 e. The van der Waals surface area contributed by atoms with E-state index in [0.29, 0.717) is 0 Å². The topological polar surface area (TPSA) is 66.6 Å². The van der Waals surface area contributed by atoms with Gasteiger partial charge in [0.15, 0.2) is 0 Å². The van der Waals surface area contributed by atoms with Gasteiger partial charge in [-0.15, -0.1) is 0 Å². The van der Waals surface area contributed by atoms with Crippen LogP contribution >= 0.6 is 15.9 Å². The lowest BCUT2D eigenvalue weighted by Crippen LogP contribution is -2.41. The molecule has 1 rings (SSSR count). The highest BCUT2D eigenvalue weighted by Crippen LogP contribution is 2.18. The average molecular weight is 273 g/mol. The molecule has 1 aromatic rings. The van der Waals surface area contributed by atoms with Crippen molar-refractivity contribution in [2.75, 3.05) is 18.5 Å². The molecule has 1 aromatic carbocycles. The molecule has 0 spiro atoms. The summed E-state index contributed by atoms with van der Waals surface area (Å²) in [5, 5.41) is 8.67. The van der Waals surface area contributed by atoms with E-state index < -0.39 is 12.0 Å². The molecule has 82 valence electrons. The molecule has 1 unspecified atom stereocenters. The molecule has 0 radical (unpaired) electrons. The molecular formula is C10H13BrN2O2. The lowest BCUT2D eigenvalue weighted by molar-refractivity contribution is -0.138. The Bertz CT molecular complexity index is 357. The molecule has 0 saturated heterocycles. The number of aliphatic carboxylic acids is 1. The Hall–Kier alpha value is -1.07. The number of nitrogens with zero attached hydrogens (tertiary/aromatic N) is 1. The molecule has 0 aliphatic carbocycles. The zero-order valence-corrected chi connectivity index (χ0v) is 9.94. The van der Waals surface area contributed by atoms with Gasteiger partial charge in [-0.25, -0.2) is 0 Å². The minimum absolute atomic E-state index is 0.284. The highest BCUT2D eigenvalue weighted by atomic mass is 79.9. The summed E-state index contributed by atoms with van der Waals surface area (Å²) in [6.45, 7) is 0.284. The fraction of sp³-hybridized carbons (Fsp3) is 0.300. The third-order valence-corrected chi connectivity index (χ3v) is 2.53. The van der Waals surface area contributed by atoms with Crippen molar-refractivity contribution >= 4 is 27.6 Å². The number of hydrogen-bond donors (Lipinski definition) is 2. The number of halogens is 1. The van der Waals surface area contributed by atoms with Crippen LogP contribution in [-0.4, -0.2) is 30.7 Å². The first-order valence-electron chi connectivity index (χ1n) is 4.46. The summed E-state index contributed by atoms with van der Waals surface area (Å²) < 4.78 is 0.954. The largest absolute Gasteiger partial charge is 0.480 e. The quantitative estimate of drug-likeness (QED) is 0.867. The second kappa shape index (κ2) is 5.14. The van der Waals surface area contributed by atoms with Gasteiger partial charge in [-0.1, -0.05) is 22.0 Å². The van der Waals surface area contributed by atoms with Crippen molar-refractivity contribution in [1.82, 2.24) is 0 Å². The first-order valence-corrected chi connectivity index (χ1v) is 5.25. The molecule has 0 aliphatic heterocycles. The van der Waals surface area contributed by atoms with Crippen molar-refractivity contribution < 1.29 is 9.90 Å². The van der Waals surface area contributed by atoms with Gasteiger partial charge in [0, 0.05) is 23.8 Å². The first-order chi connectivity index (χ1) is 7.00. The monoisotopic (exact) mass is 272 g/mol. The standard InChI is InChI=1S/C10H13BrN2O2/c1-13(6-9(12)10(14)15)8-4-2-3-7(11)5-8/h2-5,9H,6,12H2,1H3,(H,14,15). The number of carboxylic acids is 1. The van der Waals surface area contributed by atoms with Crippen LogP contribution in [-0.2, 0) is 4.79 Å². The zero-order valence-electron chi connectivity index (χ0n) is 8.35. The number of carbonyl (C=O) groups is 1. The molecule has 4 nitrogen and oxygen atoms in total. The van der Waals surface area contributed by atoms with Crippen LogP contribution in [0.2, 0.25) is 0 Å². The number of anilines is 1. The summed E-state index contributed by atoms with van der Waals surface area (Å²) in [7, 11) is 1.81. The third-order valence-electron chi connectivity index (χ3n) is 2.04. The van der Waals surface area contributed by atoms with E-state index in [4.69, 9.17) is 10.8 Å². The summed E-state index contributed by atoms with van der Waals surface area (Å²) in [5.74, 6) is -0.989. The van der Waals surface area contributed by atoms with Gasteiger partial charge in [0.05, 0.1) is 0 Å². The highest BCUT2D eigenvalue weighted by molar-refractivity contribution is 9.10. The molecule has 0 saturated carbocycles. The number of carboxylic acid groups (broad SMARTS) is 1. The van der Waals surface area contributed by atoms with E-state index in [9.17, 15) is 4.79 Å². The molecule has 0 heterocycles. The highest BCUT2D eigenvalue weighted by Gasteiger charge is 2.14. The van der Waals surface area contributed by atoms with Crippen molar-refractivity contribution in [2.24, 2.45) is 5.73 Å². The van der Waals surface area contributed by atoms with Crippen LogP contribution in [0, 0.1) is 0 Å². The van der Waals surface area contributed by atoms with Crippen LogP contribution in [0.25, 0.3) is 0 Å². The molecule has 0 aromatic heterocycles. The fourth-order valence-corrected chi connectivity index (χ4v) is 1.58. The normalized spacial score (nSPS) is 12.2. The van der Waals surface area contributed by atoms with Crippen molar-refractivity contribution in [2.45, 2.75) is 6.04 Å². The molecule has 15 heavy (non-hydrogen) atoms. The van der Waals surface area contributed by atoms with Crippen molar-refractivity contribution in [3.05, 3.63) is 28.7 Å². The van der Waals surface area contributed by atoms with Crippen LogP contribution in [0.5, 0.6) is 0 Å². The average Bonchev–Trinajstić information content (AvgIpc) is 2.17. The molecular weight excluding hydrogens is 260 g/mol. The summed E-state index contributed by atoms with van der Waals surface area (Å²) in [6, 6.07) is 6.75. The minimum atomic E-state index is -0.989. The maximum atomic E-state index is 10.6. The summed E-state index contributed by atoms with van der Waals surface area (Å²) in [4.78, 5) is 12.4. The van der Waals surface area contributed by atoms with Gasteiger partial charge in [-0.05, 0) is 18.2 Å². The molecule has 0 fully saturated rings. The number of benzene rings is 1. The van der Waals surface area contributed by atoms with Gasteiger partial charge in [0.2, 0.25) is 0 Å². The minimum Gasteiger partial charge on any atom is -0.480 e.